The monoisotopic (exact) mass is 241 g/mol. The third-order valence-electron chi connectivity index (χ3n) is 2.95. The third kappa shape index (κ3) is 3.31. The minimum absolute atomic E-state index is 0.786. The lowest BCUT2D eigenvalue weighted by Gasteiger charge is -2.19. The van der Waals surface area contributed by atoms with Crippen LogP contribution in [0, 0.1) is 13.8 Å². The average Bonchev–Trinajstić information content (AvgIpc) is 2.38. The van der Waals surface area contributed by atoms with Gasteiger partial charge in [-0.3, -0.25) is 4.98 Å². The molecule has 3 nitrogen and oxygen atoms in total. The van der Waals surface area contributed by atoms with Crippen LogP contribution in [0.5, 0.6) is 0 Å². The van der Waals surface area contributed by atoms with E-state index >= 15 is 0 Å². The number of benzene rings is 1. The standard InChI is InChI=1S/C15H19N3/c1-12-4-3-5-15(10-12)18(16)9-8-14-7-6-13(2)17-11-14/h3-7,10-11H,8-9,16H2,1-2H3. The van der Waals surface area contributed by atoms with E-state index in [0.29, 0.717) is 0 Å². The van der Waals surface area contributed by atoms with Crippen molar-refractivity contribution in [1.29, 1.82) is 0 Å². The van der Waals surface area contributed by atoms with E-state index < -0.39 is 0 Å². The van der Waals surface area contributed by atoms with E-state index in [2.05, 4.69) is 30.1 Å². The van der Waals surface area contributed by atoms with E-state index in [1.165, 1.54) is 11.1 Å². The maximum absolute atomic E-state index is 6.05. The van der Waals surface area contributed by atoms with Crippen molar-refractivity contribution in [3.63, 3.8) is 0 Å². The Morgan fingerprint density at radius 2 is 2.00 bits per heavy atom. The highest BCUT2D eigenvalue weighted by molar-refractivity contribution is 5.47. The molecule has 0 saturated carbocycles. The van der Waals surface area contributed by atoms with Crippen LogP contribution in [0.15, 0.2) is 42.6 Å². The van der Waals surface area contributed by atoms with Crippen molar-refractivity contribution >= 4 is 5.69 Å². The van der Waals surface area contributed by atoms with Crippen LogP contribution < -0.4 is 10.9 Å². The van der Waals surface area contributed by atoms with Crippen molar-refractivity contribution in [2.75, 3.05) is 11.6 Å². The van der Waals surface area contributed by atoms with Crippen LogP contribution in [0.25, 0.3) is 0 Å². The average molecular weight is 241 g/mol. The van der Waals surface area contributed by atoms with Crippen LogP contribution >= 0.6 is 0 Å². The van der Waals surface area contributed by atoms with Crippen molar-refractivity contribution in [3.8, 4) is 0 Å². The lowest BCUT2D eigenvalue weighted by atomic mass is 10.2. The molecule has 0 atom stereocenters. The highest BCUT2D eigenvalue weighted by atomic mass is 15.4. The number of hydrogen-bond acceptors (Lipinski definition) is 3. The van der Waals surface area contributed by atoms with E-state index in [1.807, 2.05) is 31.3 Å². The smallest absolute Gasteiger partial charge is 0.0519 e. The summed E-state index contributed by atoms with van der Waals surface area (Å²) >= 11 is 0. The van der Waals surface area contributed by atoms with Gasteiger partial charge in [-0.2, -0.15) is 0 Å². The molecule has 0 bridgehead atoms. The number of hydrogen-bond donors (Lipinski definition) is 1. The minimum Gasteiger partial charge on any atom is -0.311 e. The van der Waals surface area contributed by atoms with Crippen LogP contribution in [0.2, 0.25) is 0 Å². The molecular weight excluding hydrogens is 222 g/mol. The predicted molar refractivity (Wildman–Crippen MR) is 75.4 cm³/mol. The van der Waals surface area contributed by atoms with Gasteiger partial charge in [0.2, 0.25) is 0 Å². The molecule has 0 saturated heterocycles. The molecule has 0 aliphatic heterocycles. The second-order valence-corrected chi connectivity index (χ2v) is 4.59. The Morgan fingerprint density at radius 3 is 2.67 bits per heavy atom. The topological polar surface area (TPSA) is 42.1 Å². The van der Waals surface area contributed by atoms with Crippen LogP contribution in [-0.2, 0) is 6.42 Å². The summed E-state index contributed by atoms with van der Waals surface area (Å²) in [5, 5.41) is 1.78. The highest BCUT2D eigenvalue weighted by Gasteiger charge is 2.02. The van der Waals surface area contributed by atoms with Crippen LogP contribution in [0.3, 0.4) is 0 Å². The molecule has 2 aromatic rings. The van der Waals surface area contributed by atoms with Gasteiger partial charge < -0.3 is 5.01 Å². The second-order valence-electron chi connectivity index (χ2n) is 4.59. The zero-order chi connectivity index (χ0) is 13.0. The summed E-state index contributed by atoms with van der Waals surface area (Å²) < 4.78 is 0. The van der Waals surface area contributed by atoms with Gasteiger partial charge in [0, 0.05) is 18.4 Å². The molecule has 0 spiro atoms. The molecule has 2 N–H and O–H groups in total. The highest BCUT2D eigenvalue weighted by Crippen LogP contribution is 2.13. The molecule has 0 aliphatic rings. The van der Waals surface area contributed by atoms with Crippen molar-refractivity contribution in [2.24, 2.45) is 5.84 Å². The summed E-state index contributed by atoms with van der Waals surface area (Å²) in [6.45, 7) is 4.85. The molecule has 94 valence electrons. The number of rotatable bonds is 4. The Labute approximate surface area is 108 Å². The van der Waals surface area contributed by atoms with Gasteiger partial charge >= 0.3 is 0 Å². The molecule has 1 aromatic carbocycles. The summed E-state index contributed by atoms with van der Waals surface area (Å²) in [4.78, 5) is 4.28. The van der Waals surface area contributed by atoms with Gasteiger partial charge in [-0.15, -0.1) is 0 Å². The molecule has 0 aliphatic carbocycles. The summed E-state index contributed by atoms with van der Waals surface area (Å²) in [6, 6.07) is 12.3. The maximum Gasteiger partial charge on any atom is 0.0519 e. The largest absolute Gasteiger partial charge is 0.311 e. The maximum atomic E-state index is 6.05. The van der Waals surface area contributed by atoms with Gasteiger partial charge in [0.15, 0.2) is 0 Å². The fourth-order valence-corrected chi connectivity index (χ4v) is 1.83. The Kier molecular flexibility index (Phi) is 3.95. The molecule has 1 heterocycles. The van der Waals surface area contributed by atoms with Crippen molar-refractivity contribution < 1.29 is 0 Å². The predicted octanol–water partition coefficient (Wildman–Crippen LogP) is 2.62. The van der Waals surface area contributed by atoms with Gasteiger partial charge in [0.05, 0.1) is 5.69 Å². The molecule has 1 aromatic heterocycles. The first-order chi connectivity index (χ1) is 8.65. The normalized spacial score (nSPS) is 10.4. The lowest BCUT2D eigenvalue weighted by molar-refractivity contribution is 0.820. The van der Waals surface area contributed by atoms with E-state index in [0.717, 1.165) is 24.3 Å². The van der Waals surface area contributed by atoms with Gasteiger partial charge in [-0.05, 0) is 49.6 Å². The molecule has 2 rings (SSSR count). The molecular formula is C15H19N3. The van der Waals surface area contributed by atoms with E-state index in [1.54, 1.807) is 5.01 Å². The fraction of sp³-hybridized carbons (Fsp3) is 0.267. The van der Waals surface area contributed by atoms with Crippen molar-refractivity contribution in [2.45, 2.75) is 20.3 Å². The van der Waals surface area contributed by atoms with Gasteiger partial charge in [0.25, 0.3) is 0 Å². The first kappa shape index (κ1) is 12.6. The number of nitrogens with zero attached hydrogens (tertiary/aromatic N) is 2. The van der Waals surface area contributed by atoms with Crippen LogP contribution in [0.1, 0.15) is 16.8 Å². The summed E-state index contributed by atoms with van der Waals surface area (Å²) in [5.41, 5.74) is 4.53. The number of hydrazine groups is 1. The molecule has 0 amide bonds. The molecule has 0 radical (unpaired) electrons. The number of aryl methyl sites for hydroxylation is 2. The first-order valence-corrected chi connectivity index (χ1v) is 6.15. The van der Waals surface area contributed by atoms with Crippen molar-refractivity contribution in [1.82, 2.24) is 4.98 Å². The Morgan fingerprint density at radius 1 is 1.17 bits per heavy atom. The zero-order valence-corrected chi connectivity index (χ0v) is 10.9. The van der Waals surface area contributed by atoms with E-state index in [4.69, 9.17) is 5.84 Å². The van der Waals surface area contributed by atoms with Crippen molar-refractivity contribution in [3.05, 3.63) is 59.4 Å². The molecule has 18 heavy (non-hydrogen) atoms. The molecule has 0 unspecified atom stereocenters. The number of pyridine rings is 1. The van der Waals surface area contributed by atoms with E-state index in [-0.39, 0.29) is 0 Å². The first-order valence-electron chi connectivity index (χ1n) is 6.15. The van der Waals surface area contributed by atoms with Crippen LogP contribution in [0.4, 0.5) is 5.69 Å². The summed E-state index contributed by atoms with van der Waals surface area (Å²) in [6.07, 6.45) is 2.82. The summed E-state index contributed by atoms with van der Waals surface area (Å²) in [7, 11) is 0. The lowest BCUT2D eigenvalue weighted by Crippen LogP contribution is -2.32. The Hall–Kier alpha value is -1.87. The van der Waals surface area contributed by atoms with Crippen LogP contribution in [-0.4, -0.2) is 11.5 Å². The second kappa shape index (κ2) is 5.65. The molecule has 0 fully saturated rings. The van der Waals surface area contributed by atoms with Gasteiger partial charge in [-0.25, -0.2) is 5.84 Å². The number of anilines is 1. The Balaban J connectivity index is 1.96. The molecule has 3 heteroatoms. The zero-order valence-electron chi connectivity index (χ0n) is 10.9. The Bertz CT molecular complexity index is 505. The fourth-order valence-electron chi connectivity index (χ4n) is 1.83. The minimum atomic E-state index is 0.786. The van der Waals surface area contributed by atoms with Gasteiger partial charge in [0.1, 0.15) is 0 Å². The quantitative estimate of drug-likeness (QED) is 0.661. The summed E-state index contributed by atoms with van der Waals surface area (Å²) in [5.74, 6) is 6.05. The van der Waals surface area contributed by atoms with Gasteiger partial charge in [-0.1, -0.05) is 18.2 Å². The third-order valence-corrected chi connectivity index (χ3v) is 2.95. The SMILES string of the molecule is Cc1cccc(N(N)CCc2ccc(C)nc2)c1. The number of nitrogens with two attached hydrogens (primary N) is 1. The number of aromatic nitrogens is 1. The van der Waals surface area contributed by atoms with E-state index in [9.17, 15) is 0 Å².